The largest absolute Gasteiger partial charge is 0.290 e. The van der Waals surface area contributed by atoms with Crippen molar-refractivity contribution in [2.75, 3.05) is 20.1 Å². The van der Waals surface area contributed by atoms with Gasteiger partial charge in [0.05, 0.1) is 12.6 Å². The van der Waals surface area contributed by atoms with E-state index in [9.17, 15) is 0 Å². The topological polar surface area (TPSA) is 27.0 Å². The van der Waals surface area contributed by atoms with Crippen LogP contribution in [0.5, 0.6) is 0 Å². The van der Waals surface area contributed by atoms with E-state index in [1.54, 1.807) is 6.08 Å². The number of hydrogen-bond donors (Lipinski definition) is 0. The Labute approximate surface area is 62.1 Å². The maximum atomic E-state index is 8.26. The first kappa shape index (κ1) is 8.93. The van der Waals surface area contributed by atoms with Crippen LogP contribution in [0, 0.1) is 11.3 Å². The highest BCUT2D eigenvalue weighted by molar-refractivity contribution is 4.98. The van der Waals surface area contributed by atoms with Gasteiger partial charge < -0.3 is 0 Å². The molecule has 2 nitrogen and oxygen atoms in total. The number of nitriles is 1. The summed E-state index contributed by atoms with van der Waals surface area (Å²) < 4.78 is 0. The molecule has 0 radical (unpaired) electrons. The van der Waals surface area contributed by atoms with Crippen molar-refractivity contribution in [3.05, 3.63) is 24.8 Å². The van der Waals surface area contributed by atoms with E-state index in [-0.39, 0.29) is 0 Å². The smallest absolute Gasteiger partial charge is 0.0866 e. The van der Waals surface area contributed by atoms with Gasteiger partial charge in [-0.3, -0.25) is 4.90 Å². The van der Waals surface area contributed by atoms with Gasteiger partial charge in [0.15, 0.2) is 0 Å². The van der Waals surface area contributed by atoms with E-state index in [0.717, 1.165) is 6.54 Å². The fraction of sp³-hybridized carbons (Fsp3) is 0.375. The molecule has 0 atom stereocenters. The number of hydrogen-bond acceptors (Lipinski definition) is 2. The van der Waals surface area contributed by atoms with Crippen molar-refractivity contribution in [2.45, 2.75) is 0 Å². The maximum absolute atomic E-state index is 8.26. The fourth-order valence-corrected chi connectivity index (χ4v) is 0.522. The van der Waals surface area contributed by atoms with Gasteiger partial charge in [-0.2, -0.15) is 5.26 Å². The summed E-state index contributed by atoms with van der Waals surface area (Å²) in [7, 11) is 1.90. The van der Waals surface area contributed by atoms with E-state index in [0.29, 0.717) is 6.54 Å². The monoisotopic (exact) mass is 136 g/mol. The Morgan fingerprint density at radius 1 is 1.70 bits per heavy atom. The summed E-state index contributed by atoms with van der Waals surface area (Å²) in [5.74, 6) is 0. The molecule has 0 bridgehead atoms. The molecule has 0 saturated heterocycles. The van der Waals surface area contributed by atoms with Crippen LogP contribution >= 0.6 is 0 Å². The van der Waals surface area contributed by atoms with Crippen molar-refractivity contribution in [3.63, 3.8) is 0 Å². The zero-order valence-electron chi connectivity index (χ0n) is 6.25. The predicted octanol–water partition coefficient (Wildman–Crippen LogP) is 1.18. The van der Waals surface area contributed by atoms with Gasteiger partial charge in [0.1, 0.15) is 0 Å². The third-order valence-corrected chi connectivity index (χ3v) is 1.03. The Morgan fingerprint density at radius 3 is 2.90 bits per heavy atom. The van der Waals surface area contributed by atoms with Crippen LogP contribution in [0.3, 0.4) is 0 Å². The van der Waals surface area contributed by atoms with Gasteiger partial charge in [-0.15, -0.1) is 0 Å². The molecule has 0 aliphatic carbocycles. The molecule has 2 heteroatoms. The Balaban J connectivity index is 3.40. The minimum atomic E-state index is 0.474. The Hall–Kier alpha value is -1.07. The molecule has 0 aliphatic heterocycles. The number of nitrogens with zero attached hydrogens (tertiary/aromatic N) is 2. The first-order valence-electron chi connectivity index (χ1n) is 3.14. The van der Waals surface area contributed by atoms with Crippen LogP contribution in [-0.2, 0) is 0 Å². The molecule has 0 aromatic carbocycles. The lowest BCUT2D eigenvalue weighted by Crippen LogP contribution is -2.17. The van der Waals surface area contributed by atoms with E-state index in [1.807, 2.05) is 24.1 Å². The van der Waals surface area contributed by atoms with Crippen molar-refractivity contribution >= 4 is 0 Å². The minimum absolute atomic E-state index is 0.474. The maximum Gasteiger partial charge on any atom is 0.0866 e. The number of rotatable bonds is 4. The van der Waals surface area contributed by atoms with Crippen LogP contribution in [0.1, 0.15) is 0 Å². The number of allylic oxidation sites excluding steroid dienone is 2. The van der Waals surface area contributed by atoms with Gasteiger partial charge >= 0.3 is 0 Å². The predicted molar refractivity (Wildman–Crippen MR) is 42.4 cm³/mol. The standard InChI is InChI=1S/C8H12N2/c1-3-4-5-7-10(2)8-6-9/h3-5H,1,7-8H2,2H3/b5-4-. The molecule has 0 aromatic heterocycles. The van der Waals surface area contributed by atoms with Gasteiger partial charge in [-0.25, -0.2) is 0 Å². The van der Waals surface area contributed by atoms with Gasteiger partial charge in [-0.1, -0.05) is 24.8 Å². The van der Waals surface area contributed by atoms with Crippen LogP contribution in [0.4, 0.5) is 0 Å². The SMILES string of the molecule is C=C/C=C\CN(C)CC#N. The molecule has 0 aliphatic rings. The van der Waals surface area contributed by atoms with Crippen molar-refractivity contribution < 1.29 is 0 Å². The molecule has 0 aromatic rings. The molecule has 0 saturated carbocycles. The molecular weight excluding hydrogens is 124 g/mol. The zero-order valence-corrected chi connectivity index (χ0v) is 6.25. The lowest BCUT2D eigenvalue weighted by Gasteiger charge is -2.06. The molecule has 0 unspecified atom stereocenters. The highest BCUT2D eigenvalue weighted by Crippen LogP contribution is 1.81. The van der Waals surface area contributed by atoms with Gasteiger partial charge in [0.2, 0.25) is 0 Å². The zero-order chi connectivity index (χ0) is 7.82. The van der Waals surface area contributed by atoms with Crippen LogP contribution in [0.15, 0.2) is 24.8 Å². The second-order valence-electron chi connectivity index (χ2n) is 2.02. The third kappa shape index (κ3) is 5.07. The van der Waals surface area contributed by atoms with Crippen molar-refractivity contribution in [3.8, 4) is 6.07 Å². The second kappa shape index (κ2) is 6.06. The first-order chi connectivity index (χ1) is 4.81. The quantitative estimate of drug-likeness (QED) is 0.428. The van der Waals surface area contributed by atoms with Crippen LogP contribution in [0.25, 0.3) is 0 Å². The summed E-state index contributed by atoms with van der Waals surface area (Å²) in [5, 5.41) is 8.26. The van der Waals surface area contributed by atoms with E-state index in [2.05, 4.69) is 12.6 Å². The summed E-state index contributed by atoms with van der Waals surface area (Å²) in [5.41, 5.74) is 0. The van der Waals surface area contributed by atoms with Crippen LogP contribution in [0.2, 0.25) is 0 Å². The molecule has 0 N–H and O–H groups in total. The van der Waals surface area contributed by atoms with E-state index in [1.165, 1.54) is 0 Å². The van der Waals surface area contributed by atoms with E-state index in [4.69, 9.17) is 5.26 Å². The molecular formula is C8H12N2. The summed E-state index contributed by atoms with van der Waals surface area (Å²) >= 11 is 0. The Kier molecular flexibility index (Phi) is 5.41. The van der Waals surface area contributed by atoms with Gasteiger partial charge in [-0.05, 0) is 7.05 Å². The van der Waals surface area contributed by atoms with Crippen LogP contribution < -0.4 is 0 Å². The van der Waals surface area contributed by atoms with E-state index < -0.39 is 0 Å². The molecule has 0 spiro atoms. The highest BCUT2D eigenvalue weighted by Gasteiger charge is 1.89. The lowest BCUT2D eigenvalue weighted by atomic mass is 10.4. The van der Waals surface area contributed by atoms with E-state index >= 15 is 0 Å². The van der Waals surface area contributed by atoms with Gasteiger partial charge in [0.25, 0.3) is 0 Å². The van der Waals surface area contributed by atoms with Crippen molar-refractivity contribution in [1.29, 1.82) is 5.26 Å². The molecule has 0 amide bonds. The summed E-state index contributed by atoms with van der Waals surface area (Å²) in [6, 6.07) is 2.06. The summed E-state index contributed by atoms with van der Waals surface area (Å²) in [4.78, 5) is 1.92. The second-order valence-corrected chi connectivity index (χ2v) is 2.02. The average Bonchev–Trinajstić information content (AvgIpc) is 1.89. The molecule has 0 heterocycles. The summed E-state index contributed by atoms with van der Waals surface area (Å²) in [6.07, 6.45) is 5.55. The van der Waals surface area contributed by atoms with Crippen molar-refractivity contribution in [2.24, 2.45) is 0 Å². The fourth-order valence-electron chi connectivity index (χ4n) is 0.522. The normalized spacial score (nSPS) is 10.1. The average molecular weight is 136 g/mol. The molecule has 0 rings (SSSR count). The minimum Gasteiger partial charge on any atom is -0.290 e. The Morgan fingerprint density at radius 2 is 2.40 bits per heavy atom. The Bertz CT molecular complexity index is 153. The molecule has 0 fully saturated rings. The third-order valence-electron chi connectivity index (χ3n) is 1.03. The number of likely N-dealkylation sites (N-methyl/N-ethyl adjacent to an activating group) is 1. The lowest BCUT2D eigenvalue weighted by molar-refractivity contribution is 0.417. The van der Waals surface area contributed by atoms with Gasteiger partial charge in [0, 0.05) is 6.54 Å². The summed E-state index contributed by atoms with van der Waals surface area (Å²) in [6.45, 7) is 4.81. The first-order valence-corrected chi connectivity index (χ1v) is 3.14. The molecule has 54 valence electrons. The molecule has 10 heavy (non-hydrogen) atoms. The van der Waals surface area contributed by atoms with Crippen LogP contribution in [-0.4, -0.2) is 25.0 Å². The van der Waals surface area contributed by atoms with Crippen molar-refractivity contribution in [1.82, 2.24) is 4.90 Å². The highest BCUT2D eigenvalue weighted by atomic mass is 15.1.